The first-order valence-corrected chi connectivity index (χ1v) is 13.0. The Morgan fingerprint density at radius 1 is 1.14 bits per heavy atom. The Balaban J connectivity index is 0. The van der Waals surface area contributed by atoms with Crippen molar-refractivity contribution >= 4 is 11.6 Å². The maximum atomic E-state index is 11.1. The van der Waals surface area contributed by atoms with E-state index in [1.807, 2.05) is 43.5 Å². The van der Waals surface area contributed by atoms with Gasteiger partial charge >= 0.3 is 0 Å². The minimum absolute atomic E-state index is 0.00324. The minimum atomic E-state index is -0.00324. The van der Waals surface area contributed by atoms with E-state index < -0.39 is 0 Å². The molecule has 204 valence electrons. The van der Waals surface area contributed by atoms with E-state index in [1.54, 1.807) is 26.2 Å². The zero-order valence-corrected chi connectivity index (χ0v) is 25.0. The molecule has 0 aliphatic carbocycles. The Labute approximate surface area is 222 Å². The average molecular weight is 500 g/mol. The van der Waals surface area contributed by atoms with Crippen LogP contribution in [0.5, 0.6) is 0 Å². The van der Waals surface area contributed by atoms with Crippen molar-refractivity contribution < 1.29 is 9.53 Å². The summed E-state index contributed by atoms with van der Waals surface area (Å²) in [6.45, 7) is 19.5. The summed E-state index contributed by atoms with van der Waals surface area (Å²) in [6.07, 6.45) is 6.93. The summed E-state index contributed by atoms with van der Waals surface area (Å²) in [6, 6.07) is 12.9. The standard InChI is InChI=1S/C12H15NO.C8H11N.C6H13N.C3H8.C2H6O/c1-9-6-5-7-12(8-9)10(2)13(4)11(3)14;1-3-8-6-7(2)4-5-9-8;1-6-4-3-5-7(6)2;2*1-3-2/h5-8H,2H2,1,3-4H3;4-6H,3H2,1-2H3;6H,3-5H2,1-2H3;3H2,1-2H3;1-2H3. The van der Waals surface area contributed by atoms with Gasteiger partial charge in [-0.15, -0.1) is 0 Å². The summed E-state index contributed by atoms with van der Waals surface area (Å²) in [4.78, 5) is 19.2. The van der Waals surface area contributed by atoms with E-state index in [9.17, 15) is 4.79 Å². The largest absolute Gasteiger partial charge is 0.388 e. The van der Waals surface area contributed by atoms with E-state index in [-0.39, 0.29) is 5.91 Å². The number of likely N-dealkylation sites (tertiary alicyclic amines) is 1. The quantitative estimate of drug-likeness (QED) is 0.449. The maximum Gasteiger partial charge on any atom is 0.223 e. The molecule has 1 aliphatic heterocycles. The molecule has 0 N–H and O–H groups in total. The Kier molecular flexibility index (Phi) is 21.6. The normalized spacial score (nSPS) is 13.8. The van der Waals surface area contributed by atoms with E-state index in [0.717, 1.165) is 23.7 Å². The number of nitrogens with zero attached hydrogens (tertiary/aromatic N) is 3. The molecule has 5 nitrogen and oxygen atoms in total. The van der Waals surface area contributed by atoms with Gasteiger partial charge < -0.3 is 14.5 Å². The molecule has 0 bridgehead atoms. The number of aromatic nitrogens is 1. The van der Waals surface area contributed by atoms with Crippen molar-refractivity contribution in [1.82, 2.24) is 14.8 Å². The Morgan fingerprint density at radius 3 is 2.03 bits per heavy atom. The van der Waals surface area contributed by atoms with Gasteiger partial charge in [0.15, 0.2) is 0 Å². The van der Waals surface area contributed by atoms with Crippen molar-refractivity contribution in [2.24, 2.45) is 0 Å². The highest BCUT2D eigenvalue weighted by Gasteiger charge is 2.14. The molecule has 0 radical (unpaired) electrons. The molecule has 1 atom stereocenters. The number of pyridine rings is 1. The van der Waals surface area contributed by atoms with E-state index in [2.05, 4.69) is 68.9 Å². The molecule has 1 amide bonds. The minimum Gasteiger partial charge on any atom is -0.388 e. The van der Waals surface area contributed by atoms with Crippen LogP contribution in [0.1, 0.15) is 76.3 Å². The first kappa shape index (κ1) is 35.7. The molecule has 36 heavy (non-hydrogen) atoms. The number of aryl methyl sites for hydroxylation is 3. The second-order valence-corrected chi connectivity index (χ2v) is 9.16. The fourth-order valence-electron chi connectivity index (χ4n) is 3.08. The third kappa shape index (κ3) is 17.0. The van der Waals surface area contributed by atoms with Gasteiger partial charge in [0.25, 0.3) is 0 Å². The van der Waals surface area contributed by atoms with Crippen LogP contribution in [-0.2, 0) is 16.0 Å². The highest BCUT2D eigenvalue weighted by atomic mass is 16.4. The Hall–Kier alpha value is -2.50. The molecular formula is C31H53N3O2. The van der Waals surface area contributed by atoms with Crippen LogP contribution in [0.4, 0.5) is 0 Å². The lowest BCUT2D eigenvalue weighted by atomic mass is 10.1. The molecule has 2 aromatic rings. The fourth-order valence-corrected chi connectivity index (χ4v) is 3.08. The highest BCUT2D eigenvalue weighted by Crippen LogP contribution is 2.16. The van der Waals surface area contributed by atoms with Crippen molar-refractivity contribution in [3.05, 3.63) is 71.6 Å². The lowest BCUT2D eigenvalue weighted by molar-refractivity contribution is -0.124. The van der Waals surface area contributed by atoms with Gasteiger partial charge in [-0.25, -0.2) is 0 Å². The van der Waals surface area contributed by atoms with E-state index in [0.29, 0.717) is 0 Å². The molecule has 2 heterocycles. The lowest BCUT2D eigenvalue weighted by Crippen LogP contribution is -2.21. The van der Waals surface area contributed by atoms with E-state index >= 15 is 0 Å². The highest BCUT2D eigenvalue weighted by molar-refractivity contribution is 5.84. The van der Waals surface area contributed by atoms with Gasteiger partial charge in [0.1, 0.15) is 0 Å². The van der Waals surface area contributed by atoms with Crippen LogP contribution in [0.15, 0.2) is 49.2 Å². The topological polar surface area (TPSA) is 45.7 Å². The predicted molar refractivity (Wildman–Crippen MR) is 157 cm³/mol. The number of ether oxygens (including phenoxy) is 1. The summed E-state index contributed by atoms with van der Waals surface area (Å²) in [5.41, 5.74) is 5.36. The SMILES string of the molecule is C=C(c1cccc(C)c1)N(C)C(C)=O.CC1CCCN1C.CCC.CCc1cc(C)ccn1.COC. The van der Waals surface area contributed by atoms with Gasteiger partial charge in [-0.2, -0.15) is 0 Å². The summed E-state index contributed by atoms with van der Waals surface area (Å²) in [5.74, 6) is -0.00324. The van der Waals surface area contributed by atoms with Crippen molar-refractivity contribution in [2.75, 3.05) is 34.9 Å². The zero-order valence-electron chi connectivity index (χ0n) is 25.0. The van der Waals surface area contributed by atoms with Crippen molar-refractivity contribution in [1.29, 1.82) is 0 Å². The summed E-state index contributed by atoms with van der Waals surface area (Å²) in [5, 5.41) is 0. The summed E-state index contributed by atoms with van der Waals surface area (Å²) >= 11 is 0. The van der Waals surface area contributed by atoms with Gasteiger partial charge in [0, 0.05) is 51.8 Å². The first-order valence-electron chi connectivity index (χ1n) is 13.0. The summed E-state index contributed by atoms with van der Waals surface area (Å²) in [7, 11) is 7.17. The predicted octanol–water partition coefficient (Wildman–Crippen LogP) is 7.18. The maximum absolute atomic E-state index is 11.1. The monoisotopic (exact) mass is 499 g/mol. The molecule has 1 unspecified atom stereocenters. The van der Waals surface area contributed by atoms with Crippen LogP contribution in [0.2, 0.25) is 0 Å². The molecule has 1 fully saturated rings. The molecule has 1 aromatic carbocycles. The summed E-state index contributed by atoms with van der Waals surface area (Å²) < 4.78 is 4.25. The lowest BCUT2D eigenvalue weighted by Gasteiger charge is -2.18. The Morgan fingerprint density at radius 2 is 1.69 bits per heavy atom. The van der Waals surface area contributed by atoms with E-state index in [1.165, 1.54) is 49.6 Å². The molecule has 1 saturated heterocycles. The third-order valence-corrected chi connectivity index (χ3v) is 5.45. The second kappa shape index (κ2) is 21.8. The van der Waals surface area contributed by atoms with Crippen LogP contribution in [0.3, 0.4) is 0 Å². The Bertz CT molecular complexity index is 841. The molecule has 5 heteroatoms. The van der Waals surface area contributed by atoms with Crippen LogP contribution < -0.4 is 0 Å². The smallest absolute Gasteiger partial charge is 0.223 e. The van der Waals surface area contributed by atoms with Crippen molar-refractivity contribution in [3.8, 4) is 0 Å². The van der Waals surface area contributed by atoms with Crippen LogP contribution in [0, 0.1) is 13.8 Å². The number of hydrogen-bond donors (Lipinski definition) is 0. The third-order valence-electron chi connectivity index (χ3n) is 5.45. The molecular weight excluding hydrogens is 446 g/mol. The number of carbonyl (C=O) groups is 1. The van der Waals surface area contributed by atoms with Gasteiger partial charge in [0.2, 0.25) is 5.91 Å². The molecule has 1 aromatic heterocycles. The number of amides is 1. The number of rotatable bonds is 3. The van der Waals surface area contributed by atoms with Gasteiger partial charge in [-0.05, 0) is 83.0 Å². The molecule has 3 rings (SSSR count). The molecule has 1 aliphatic rings. The van der Waals surface area contributed by atoms with Crippen molar-refractivity contribution in [2.45, 2.75) is 80.2 Å². The molecule has 0 spiro atoms. The van der Waals surface area contributed by atoms with Gasteiger partial charge in [-0.1, -0.05) is 57.5 Å². The fraction of sp³-hybridized carbons (Fsp3) is 0.548. The number of benzene rings is 1. The van der Waals surface area contributed by atoms with Crippen LogP contribution in [-0.4, -0.2) is 61.6 Å². The first-order chi connectivity index (χ1) is 17.0. The van der Waals surface area contributed by atoms with Crippen LogP contribution >= 0.6 is 0 Å². The number of hydrogen-bond acceptors (Lipinski definition) is 4. The molecule has 0 saturated carbocycles. The average Bonchev–Trinajstić information content (AvgIpc) is 3.22. The van der Waals surface area contributed by atoms with E-state index in [4.69, 9.17) is 0 Å². The number of carbonyl (C=O) groups excluding carboxylic acids is 1. The van der Waals surface area contributed by atoms with Gasteiger partial charge in [-0.3, -0.25) is 9.78 Å². The van der Waals surface area contributed by atoms with Crippen molar-refractivity contribution in [3.63, 3.8) is 0 Å². The zero-order chi connectivity index (χ0) is 28.1. The second-order valence-electron chi connectivity index (χ2n) is 9.16. The van der Waals surface area contributed by atoms with Gasteiger partial charge in [0.05, 0.1) is 0 Å². The number of methoxy groups -OCH3 is 1. The van der Waals surface area contributed by atoms with Crippen LogP contribution in [0.25, 0.3) is 5.70 Å².